The van der Waals surface area contributed by atoms with E-state index in [1.807, 2.05) is 60.8 Å². The Kier molecular flexibility index (Phi) is 6.41. The van der Waals surface area contributed by atoms with Crippen molar-refractivity contribution in [3.63, 3.8) is 0 Å². The van der Waals surface area contributed by atoms with Gasteiger partial charge < -0.3 is 14.2 Å². The third-order valence-electron chi connectivity index (χ3n) is 4.55. The van der Waals surface area contributed by atoms with Gasteiger partial charge >= 0.3 is 0 Å². The predicted octanol–water partition coefficient (Wildman–Crippen LogP) is 5.02. The second-order valence-corrected chi connectivity index (χ2v) is 8.07. The first-order chi connectivity index (χ1) is 14.6. The van der Waals surface area contributed by atoms with Gasteiger partial charge in [0.2, 0.25) is 5.91 Å². The van der Waals surface area contributed by atoms with Gasteiger partial charge in [0.05, 0.1) is 37.7 Å². The highest BCUT2D eigenvalue weighted by molar-refractivity contribution is 7.09. The number of thiazole rings is 1. The van der Waals surface area contributed by atoms with Crippen molar-refractivity contribution in [2.24, 2.45) is 0 Å². The van der Waals surface area contributed by atoms with E-state index in [9.17, 15) is 4.79 Å². The molecule has 4 rings (SSSR count). The number of anilines is 1. The lowest BCUT2D eigenvalue weighted by atomic mass is 10.2. The molecule has 0 unspecified atom stereocenters. The van der Waals surface area contributed by atoms with Gasteiger partial charge in [-0.3, -0.25) is 9.69 Å². The molecule has 0 saturated heterocycles. The monoisotopic (exact) mass is 421 g/mol. The third kappa shape index (κ3) is 5.68. The number of hydrogen-bond donors (Lipinski definition) is 1. The van der Waals surface area contributed by atoms with E-state index in [-0.39, 0.29) is 12.3 Å². The van der Waals surface area contributed by atoms with Crippen molar-refractivity contribution in [2.75, 3.05) is 5.32 Å². The average molecular weight is 422 g/mol. The Hall–Kier alpha value is -3.16. The van der Waals surface area contributed by atoms with E-state index in [1.54, 1.807) is 12.5 Å². The van der Waals surface area contributed by atoms with Gasteiger partial charge in [-0.05, 0) is 43.3 Å². The van der Waals surface area contributed by atoms with Gasteiger partial charge in [0.15, 0.2) is 0 Å². The van der Waals surface area contributed by atoms with Crippen LogP contribution < -0.4 is 5.32 Å². The number of benzene rings is 1. The zero-order chi connectivity index (χ0) is 20.8. The molecule has 1 amide bonds. The molecule has 30 heavy (non-hydrogen) atoms. The van der Waals surface area contributed by atoms with Gasteiger partial charge in [0.25, 0.3) is 0 Å². The lowest BCUT2D eigenvalue weighted by Gasteiger charge is -2.18. The molecule has 154 valence electrons. The molecule has 7 heteroatoms. The number of rotatable bonds is 9. The molecule has 0 aliphatic heterocycles. The standard InChI is InChI=1S/C23H23N3O3S/c1-17-6-8-18(9-7-17)24-22(27)12-23-25-19(16-30-23)13-26(14-20-4-2-10-28-20)15-21-5-3-11-29-21/h2-11,16H,12-15H2,1H3,(H,24,27). The topological polar surface area (TPSA) is 71.5 Å². The van der Waals surface area contributed by atoms with Crippen molar-refractivity contribution in [3.05, 3.63) is 94.2 Å². The second kappa shape index (κ2) is 9.56. The van der Waals surface area contributed by atoms with Crippen LogP contribution in [-0.4, -0.2) is 15.8 Å². The van der Waals surface area contributed by atoms with Crippen LogP contribution in [0.4, 0.5) is 5.69 Å². The van der Waals surface area contributed by atoms with Gasteiger partial charge in [0, 0.05) is 17.6 Å². The Morgan fingerprint density at radius 2 is 1.67 bits per heavy atom. The largest absolute Gasteiger partial charge is 0.468 e. The van der Waals surface area contributed by atoms with Crippen LogP contribution in [0.1, 0.15) is 27.8 Å². The Morgan fingerprint density at radius 3 is 2.27 bits per heavy atom. The molecule has 0 aliphatic carbocycles. The van der Waals surface area contributed by atoms with E-state index in [2.05, 4.69) is 15.2 Å². The summed E-state index contributed by atoms with van der Waals surface area (Å²) in [5, 5.41) is 5.72. The maximum Gasteiger partial charge on any atom is 0.231 e. The molecule has 3 aromatic heterocycles. The number of aryl methyl sites for hydroxylation is 1. The highest BCUT2D eigenvalue weighted by Crippen LogP contribution is 2.18. The first kappa shape index (κ1) is 20.1. The van der Waals surface area contributed by atoms with Gasteiger partial charge in [-0.25, -0.2) is 4.98 Å². The summed E-state index contributed by atoms with van der Waals surface area (Å²) in [5.41, 5.74) is 2.88. The van der Waals surface area contributed by atoms with Crippen LogP contribution in [0.25, 0.3) is 0 Å². The summed E-state index contributed by atoms with van der Waals surface area (Å²) < 4.78 is 11.0. The van der Waals surface area contributed by atoms with Gasteiger partial charge in [0.1, 0.15) is 16.5 Å². The molecule has 6 nitrogen and oxygen atoms in total. The molecule has 0 aliphatic rings. The molecular formula is C23H23N3O3S. The van der Waals surface area contributed by atoms with E-state index < -0.39 is 0 Å². The summed E-state index contributed by atoms with van der Waals surface area (Å²) in [6.45, 7) is 3.95. The number of nitrogens with one attached hydrogen (secondary N) is 1. The summed E-state index contributed by atoms with van der Waals surface area (Å²) >= 11 is 1.50. The molecule has 1 N–H and O–H groups in total. The van der Waals surface area contributed by atoms with Crippen LogP contribution in [0.3, 0.4) is 0 Å². The SMILES string of the molecule is Cc1ccc(NC(=O)Cc2nc(CN(Cc3ccco3)Cc3ccco3)cs2)cc1. The van der Waals surface area contributed by atoms with E-state index in [4.69, 9.17) is 8.83 Å². The summed E-state index contributed by atoms with van der Waals surface area (Å²) in [5.74, 6) is 1.70. The smallest absolute Gasteiger partial charge is 0.231 e. The number of carbonyl (C=O) groups is 1. The zero-order valence-electron chi connectivity index (χ0n) is 16.7. The van der Waals surface area contributed by atoms with Crippen molar-refractivity contribution in [1.29, 1.82) is 0 Å². The predicted molar refractivity (Wildman–Crippen MR) is 116 cm³/mol. The van der Waals surface area contributed by atoms with Crippen molar-refractivity contribution in [3.8, 4) is 0 Å². The highest BCUT2D eigenvalue weighted by Gasteiger charge is 2.14. The quantitative estimate of drug-likeness (QED) is 0.411. The molecule has 3 heterocycles. The summed E-state index contributed by atoms with van der Waals surface area (Å²) in [7, 11) is 0. The zero-order valence-corrected chi connectivity index (χ0v) is 17.5. The van der Waals surface area contributed by atoms with E-state index in [1.165, 1.54) is 11.3 Å². The van der Waals surface area contributed by atoms with Crippen LogP contribution >= 0.6 is 11.3 Å². The van der Waals surface area contributed by atoms with Gasteiger partial charge in [-0.1, -0.05) is 17.7 Å². The number of nitrogens with zero attached hydrogens (tertiary/aromatic N) is 2. The van der Waals surface area contributed by atoms with Crippen LogP contribution in [0.5, 0.6) is 0 Å². The molecule has 0 fully saturated rings. The number of amides is 1. The molecule has 0 spiro atoms. The molecule has 0 atom stereocenters. The Morgan fingerprint density at radius 1 is 1.00 bits per heavy atom. The maximum atomic E-state index is 12.3. The van der Waals surface area contributed by atoms with Crippen molar-refractivity contribution in [2.45, 2.75) is 33.0 Å². The fourth-order valence-electron chi connectivity index (χ4n) is 3.12. The van der Waals surface area contributed by atoms with Crippen LogP contribution in [-0.2, 0) is 30.8 Å². The van der Waals surface area contributed by atoms with Crippen molar-refractivity contribution >= 4 is 22.9 Å². The van der Waals surface area contributed by atoms with E-state index in [0.717, 1.165) is 33.5 Å². The van der Waals surface area contributed by atoms with Crippen LogP contribution in [0, 0.1) is 6.92 Å². The number of carbonyl (C=O) groups excluding carboxylic acids is 1. The second-order valence-electron chi connectivity index (χ2n) is 7.13. The minimum atomic E-state index is -0.0669. The summed E-state index contributed by atoms with van der Waals surface area (Å²) in [4.78, 5) is 19.2. The Bertz CT molecular complexity index is 1020. The maximum absolute atomic E-state index is 12.3. The normalized spacial score (nSPS) is 11.1. The molecule has 4 aromatic rings. The van der Waals surface area contributed by atoms with Crippen LogP contribution in [0.2, 0.25) is 0 Å². The molecule has 0 radical (unpaired) electrons. The fourth-order valence-corrected chi connectivity index (χ4v) is 3.91. The number of furan rings is 2. The van der Waals surface area contributed by atoms with Gasteiger partial charge in [-0.15, -0.1) is 11.3 Å². The molecule has 1 aromatic carbocycles. The van der Waals surface area contributed by atoms with Crippen molar-refractivity contribution in [1.82, 2.24) is 9.88 Å². The first-order valence-electron chi connectivity index (χ1n) is 9.71. The molecule has 0 saturated carbocycles. The van der Waals surface area contributed by atoms with E-state index in [0.29, 0.717) is 19.6 Å². The molecular weight excluding hydrogens is 398 g/mol. The van der Waals surface area contributed by atoms with Crippen molar-refractivity contribution < 1.29 is 13.6 Å². The Labute approximate surface area is 179 Å². The average Bonchev–Trinajstić information content (AvgIpc) is 3.48. The third-order valence-corrected chi connectivity index (χ3v) is 5.45. The summed E-state index contributed by atoms with van der Waals surface area (Å²) in [6.07, 6.45) is 3.61. The lowest BCUT2D eigenvalue weighted by Crippen LogP contribution is -2.22. The fraction of sp³-hybridized carbons (Fsp3) is 0.217. The number of aromatic nitrogens is 1. The van der Waals surface area contributed by atoms with Gasteiger partial charge in [-0.2, -0.15) is 0 Å². The minimum Gasteiger partial charge on any atom is -0.468 e. The molecule has 0 bridgehead atoms. The highest BCUT2D eigenvalue weighted by atomic mass is 32.1. The van der Waals surface area contributed by atoms with Crippen LogP contribution in [0.15, 0.2) is 75.3 Å². The summed E-state index contributed by atoms with van der Waals surface area (Å²) in [6, 6.07) is 15.4. The first-order valence-corrected chi connectivity index (χ1v) is 10.6. The minimum absolute atomic E-state index is 0.0669. The number of hydrogen-bond acceptors (Lipinski definition) is 6. The Balaban J connectivity index is 1.37. The van der Waals surface area contributed by atoms with E-state index >= 15 is 0 Å². The lowest BCUT2D eigenvalue weighted by molar-refractivity contribution is -0.115.